The maximum absolute atomic E-state index is 6.51. The number of benzene rings is 1. The first-order valence-corrected chi connectivity index (χ1v) is 8.92. The minimum absolute atomic E-state index is 0.520. The number of thioether (sulfide) groups is 1. The Labute approximate surface area is 137 Å². The zero-order chi connectivity index (χ0) is 15.2. The first-order chi connectivity index (χ1) is 10.1. The van der Waals surface area contributed by atoms with Gasteiger partial charge in [0.15, 0.2) is 0 Å². The summed E-state index contributed by atoms with van der Waals surface area (Å²) in [5.74, 6) is 1.17. The standard InChI is InChI=1S/C16H25ClN2OS/c1-12-13(2)21-9-7-19(12)16-5-4-14(10-15(16)17)11-18-6-8-20-3/h4-5,10,12-13,18H,6-9,11H2,1-3H3. The second kappa shape index (κ2) is 8.28. The molecule has 2 rings (SSSR count). The van der Waals surface area contributed by atoms with Crippen LogP contribution >= 0.6 is 23.4 Å². The van der Waals surface area contributed by atoms with Gasteiger partial charge in [-0.15, -0.1) is 0 Å². The molecular weight excluding hydrogens is 304 g/mol. The fourth-order valence-corrected chi connectivity index (χ4v) is 3.98. The Morgan fingerprint density at radius 1 is 1.43 bits per heavy atom. The van der Waals surface area contributed by atoms with E-state index in [2.05, 4.69) is 42.3 Å². The number of nitrogens with zero attached hydrogens (tertiary/aromatic N) is 1. The highest BCUT2D eigenvalue weighted by molar-refractivity contribution is 8.00. The third-order valence-electron chi connectivity index (χ3n) is 4.02. The SMILES string of the molecule is COCCNCc1ccc(N2CCSC(C)C2C)c(Cl)c1. The van der Waals surface area contributed by atoms with Crippen molar-refractivity contribution in [2.75, 3.05) is 37.5 Å². The number of halogens is 1. The molecule has 2 unspecified atom stereocenters. The molecule has 0 aromatic heterocycles. The number of ether oxygens (including phenoxy) is 1. The van der Waals surface area contributed by atoms with Crippen molar-refractivity contribution >= 4 is 29.1 Å². The molecule has 118 valence electrons. The zero-order valence-electron chi connectivity index (χ0n) is 13.1. The molecule has 1 aliphatic rings. The molecule has 0 amide bonds. The summed E-state index contributed by atoms with van der Waals surface area (Å²) in [6.07, 6.45) is 0. The molecule has 1 saturated heterocycles. The van der Waals surface area contributed by atoms with Gasteiger partial charge in [0.2, 0.25) is 0 Å². The Hall–Kier alpha value is -0.420. The molecular formula is C16H25ClN2OS. The van der Waals surface area contributed by atoms with Crippen LogP contribution in [0.4, 0.5) is 5.69 Å². The van der Waals surface area contributed by atoms with Crippen molar-refractivity contribution < 1.29 is 4.74 Å². The predicted molar refractivity (Wildman–Crippen MR) is 93.8 cm³/mol. The third kappa shape index (κ3) is 4.52. The lowest BCUT2D eigenvalue weighted by molar-refractivity contribution is 0.199. The summed E-state index contributed by atoms with van der Waals surface area (Å²) in [6, 6.07) is 6.93. The van der Waals surface area contributed by atoms with Gasteiger partial charge in [-0.2, -0.15) is 11.8 Å². The van der Waals surface area contributed by atoms with Gasteiger partial charge in [0, 0.05) is 43.8 Å². The lowest BCUT2D eigenvalue weighted by atomic mass is 10.1. The molecule has 0 aliphatic carbocycles. The zero-order valence-corrected chi connectivity index (χ0v) is 14.6. The van der Waals surface area contributed by atoms with E-state index in [1.54, 1.807) is 7.11 Å². The fourth-order valence-electron chi connectivity index (χ4n) is 2.57. The van der Waals surface area contributed by atoms with E-state index in [1.165, 1.54) is 11.3 Å². The fraction of sp³-hybridized carbons (Fsp3) is 0.625. The Bertz CT molecular complexity index is 458. The second-order valence-corrected chi connectivity index (χ2v) is 7.36. The summed E-state index contributed by atoms with van der Waals surface area (Å²) < 4.78 is 5.03. The molecule has 0 spiro atoms. The van der Waals surface area contributed by atoms with Crippen molar-refractivity contribution in [2.45, 2.75) is 31.7 Å². The molecule has 3 nitrogen and oxygen atoms in total. The number of hydrogen-bond donors (Lipinski definition) is 1. The van der Waals surface area contributed by atoms with Crippen molar-refractivity contribution in [1.29, 1.82) is 0 Å². The van der Waals surface area contributed by atoms with Crippen LogP contribution in [0, 0.1) is 0 Å². The minimum Gasteiger partial charge on any atom is -0.383 e. The van der Waals surface area contributed by atoms with E-state index in [4.69, 9.17) is 16.3 Å². The average Bonchev–Trinajstić information content (AvgIpc) is 2.47. The van der Waals surface area contributed by atoms with Crippen LogP contribution in [0.3, 0.4) is 0 Å². The van der Waals surface area contributed by atoms with Crippen molar-refractivity contribution in [3.8, 4) is 0 Å². The van der Waals surface area contributed by atoms with E-state index < -0.39 is 0 Å². The molecule has 1 fully saturated rings. The monoisotopic (exact) mass is 328 g/mol. The number of methoxy groups -OCH3 is 1. The van der Waals surface area contributed by atoms with Gasteiger partial charge in [0.25, 0.3) is 0 Å². The quantitative estimate of drug-likeness (QED) is 0.809. The van der Waals surface area contributed by atoms with E-state index in [1.807, 2.05) is 11.8 Å². The smallest absolute Gasteiger partial charge is 0.0642 e. The van der Waals surface area contributed by atoms with Gasteiger partial charge in [0.1, 0.15) is 0 Å². The van der Waals surface area contributed by atoms with Crippen LogP contribution in [0.25, 0.3) is 0 Å². The van der Waals surface area contributed by atoms with E-state index in [0.29, 0.717) is 11.3 Å². The van der Waals surface area contributed by atoms with Crippen LogP contribution in [0.1, 0.15) is 19.4 Å². The molecule has 1 N–H and O–H groups in total. The van der Waals surface area contributed by atoms with Crippen molar-refractivity contribution in [3.05, 3.63) is 28.8 Å². The lowest BCUT2D eigenvalue weighted by Gasteiger charge is -2.39. The molecule has 1 aliphatic heterocycles. The van der Waals surface area contributed by atoms with Crippen LogP contribution < -0.4 is 10.2 Å². The molecule has 0 saturated carbocycles. The first kappa shape index (κ1) is 16.9. The highest BCUT2D eigenvalue weighted by Crippen LogP contribution is 2.34. The molecule has 0 bridgehead atoms. The van der Waals surface area contributed by atoms with Crippen molar-refractivity contribution in [1.82, 2.24) is 5.32 Å². The van der Waals surface area contributed by atoms with Crippen LogP contribution in [0.5, 0.6) is 0 Å². The maximum atomic E-state index is 6.51. The summed E-state index contributed by atoms with van der Waals surface area (Å²) in [7, 11) is 1.71. The normalized spacial score (nSPS) is 22.6. The van der Waals surface area contributed by atoms with E-state index in [9.17, 15) is 0 Å². The van der Waals surface area contributed by atoms with Crippen molar-refractivity contribution in [3.63, 3.8) is 0 Å². The van der Waals surface area contributed by atoms with Gasteiger partial charge in [-0.05, 0) is 24.6 Å². The van der Waals surface area contributed by atoms with E-state index in [0.717, 1.165) is 37.0 Å². The first-order valence-electron chi connectivity index (χ1n) is 7.50. The number of anilines is 1. The van der Waals surface area contributed by atoms with Crippen LogP contribution in [0.2, 0.25) is 5.02 Å². The average molecular weight is 329 g/mol. The second-order valence-electron chi connectivity index (χ2n) is 5.47. The summed E-state index contributed by atoms with van der Waals surface area (Å²) >= 11 is 8.56. The van der Waals surface area contributed by atoms with Crippen LogP contribution in [-0.4, -0.2) is 43.9 Å². The third-order valence-corrected chi connectivity index (χ3v) is 5.66. The molecule has 2 atom stereocenters. The molecule has 1 aromatic rings. The van der Waals surface area contributed by atoms with Crippen molar-refractivity contribution in [2.24, 2.45) is 0 Å². The van der Waals surface area contributed by atoms with Gasteiger partial charge >= 0.3 is 0 Å². The van der Waals surface area contributed by atoms with E-state index >= 15 is 0 Å². The Kier molecular flexibility index (Phi) is 6.68. The number of rotatable bonds is 6. The highest BCUT2D eigenvalue weighted by atomic mass is 35.5. The maximum Gasteiger partial charge on any atom is 0.0642 e. The molecule has 5 heteroatoms. The Balaban J connectivity index is 2.01. The Morgan fingerprint density at radius 2 is 2.24 bits per heavy atom. The topological polar surface area (TPSA) is 24.5 Å². The number of hydrogen-bond acceptors (Lipinski definition) is 4. The van der Waals surface area contributed by atoms with Gasteiger partial charge in [0.05, 0.1) is 17.3 Å². The van der Waals surface area contributed by atoms with E-state index in [-0.39, 0.29) is 0 Å². The van der Waals surface area contributed by atoms with Crippen LogP contribution in [0.15, 0.2) is 18.2 Å². The molecule has 1 heterocycles. The van der Waals surface area contributed by atoms with Gasteiger partial charge in [-0.3, -0.25) is 0 Å². The molecule has 0 radical (unpaired) electrons. The number of nitrogens with one attached hydrogen (secondary N) is 1. The summed E-state index contributed by atoms with van der Waals surface area (Å²) in [6.45, 7) is 8.06. The van der Waals surface area contributed by atoms with Crippen LogP contribution in [-0.2, 0) is 11.3 Å². The Morgan fingerprint density at radius 3 is 2.95 bits per heavy atom. The largest absolute Gasteiger partial charge is 0.383 e. The van der Waals surface area contributed by atoms with Gasteiger partial charge in [-0.25, -0.2) is 0 Å². The highest BCUT2D eigenvalue weighted by Gasteiger charge is 2.26. The summed E-state index contributed by atoms with van der Waals surface area (Å²) in [5, 5.41) is 4.84. The minimum atomic E-state index is 0.520. The van der Waals surface area contributed by atoms with Gasteiger partial charge < -0.3 is 15.0 Å². The summed E-state index contributed by atoms with van der Waals surface area (Å²) in [4.78, 5) is 2.44. The molecule has 1 aromatic carbocycles. The lowest BCUT2D eigenvalue weighted by Crippen LogP contribution is -2.44. The summed E-state index contributed by atoms with van der Waals surface area (Å²) in [5.41, 5.74) is 2.38. The van der Waals surface area contributed by atoms with Gasteiger partial charge in [-0.1, -0.05) is 24.6 Å². The molecule has 21 heavy (non-hydrogen) atoms. The predicted octanol–water partition coefficient (Wildman–Crippen LogP) is 3.41.